The maximum atomic E-state index is 4.93. The van der Waals surface area contributed by atoms with Gasteiger partial charge in [0.25, 0.3) is 0 Å². The Morgan fingerprint density at radius 2 is 2.00 bits per heavy atom. The summed E-state index contributed by atoms with van der Waals surface area (Å²) in [5, 5.41) is 0. The van der Waals surface area contributed by atoms with Crippen LogP contribution in [0.25, 0.3) is 0 Å². The lowest BCUT2D eigenvalue weighted by Gasteiger charge is -2.01. The summed E-state index contributed by atoms with van der Waals surface area (Å²) in [6, 6.07) is 0. The van der Waals surface area contributed by atoms with Gasteiger partial charge in [-0.15, -0.1) is 0 Å². The van der Waals surface area contributed by atoms with Crippen LogP contribution in [0.2, 0.25) is 0 Å². The third-order valence-corrected chi connectivity index (χ3v) is 17.6. The zero-order valence-electron chi connectivity index (χ0n) is 4.22. The molecule has 0 radical (unpaired) electrons. The van der Waals surface area contributed by atoms with Gasteiger partial charge in [-0.1, -0.05) is 0 Å². The van der Waals surface area contributed by atoms with Crippen molar-refractivity contribution in [2.75, 3.05) is 0 Å². The molecule has 0 saturated carbocycles. The summed E-state index contributed by atoms with van der Waals surface area (Å²) in [6.07, 6.45) is 0. The van der Waals surface area contributed by atoms with Crippen LogP contribution in [-0.4, -0.2) is 0 Å². The highest BCUT2D eigenvalue weighted by atomic mass is 127. The molecule has 0 aromatic heterocycles. The molecule has 1 nitrogen and oxygen atoms in total. The third-order valence-electron chi connectivity index (χ3n) is 0.282. The van der Waals surface area contributed by atoms with E-state index in [4.69, 9.17) is 26.3 Å². The molecule has 1 atom stereocenters. The summed E-state index contributed by atoms with van der Waals surface area (Å²) in [5.41, 5.74) is 0. The molecule has 0 saturated heterocycles. The molecule has 0 amide bonds. The number of hydrogen-bond donors (Lipinski definition) is 0. The molecule has 0 aliphatic carbocycles. The van der Waals surface area contributed by atoms with Gasteiger partial charge in [-0.05, 0) is 40.2 Å². The first-order valence-corrected chi connectivity index (χ1v) is 13.3. The predicted molar refractivity (Wildman–Crippen MR) is 77.3 cm³/mol. The smallest absolute Gasteiger partial charge is 0.0846 e. The molecule has 0 aliphatic rings. The normalized spacial score (nSPS) is 11.8. The molecular formula is H2IOPS7. The van der Waals surface area contributed by atoms with Crippen molar-refractivity contribution in [3.05, 3.63) is 0 Å². The monoisotopic (exact) mass is 400 g/mol. The molecule has 62 valence electrons. The predicted octanol–water partition coefficient (Wildman–Crippen LogP) is 3.73. The standard InChI is InChI=1S/H2IOPS7/c1-6-7-8-9-10(4,5)2-3/h3H2. The number of halogens is 1. The van der Waals surface area contributed by atoms with Crippen molar-refractivity contribution in [3.63, 3.8) is 0 Å². The second-order valence-electron chi connectivity index (χ2n) is 0.772. The van der Waals surface area contributed by atoms with Crippen LogP contribution in [0, 0.1) is 0 Å². The van der Waals surface area contributed by atoms with Crippen molar-refractivity contribution >= 4 is 97.0 Å². The Morgan fingerprint density at radius 3 is 2.40 bits per heavy atom. The highest BCUT2D eigenvalue weighted by Gasteiger charge is 2.00. The molecule has 0 rings (SSSR count). The average Bonchev–Trinajstić information content (AvgIpc) is 1.89. The fourth-order valence-electron chi connectivity index (χ4n) is 0.0719. The van der Waals surface area contributed by atoms with Crippen molar-refractivity contribution < 1.29 is 3.97 Å². The highest BCUT2D eigenvalue weighted by Crippen LogP contribution is 2.49. The Bertz CT molecular complexity index is 160. The highest BCUT2D eigenvalue weighted by molar-refractivity contribution is 14.2. The zero-order valence-corrected chi connectivity index (χ0v) is 13.2. The lowest BCUT2D eigenvalue weighted by Crippen LogP contribution is -1.80. The van der Waals surface area contributed by atoms with E-state index in [2.05, 4.69) is 30.7 Å². The van der Waals surface area contributed by atoms with Crippen LogP contribution in [0.4, 0.5) is 0 Å². The fraction of sp³-hybridized carbons (Fsp3) is 0. The molecule has 0 N–H and O–H groups in total. The van der Waals surface area contributed by atoms with Gasteiger partial charge in [-0.25, -0.2) is 0 Å². The molecule has 10 heteroatoms. The maximum absolute atomic E-state index is 4.93. The van der Waals surface area contributed by atoms with E-state index < -0.39 is 6.46 Å². The summed E-state index contributed by atoms with van der Waals surface area (Å²) in [6.45, 7) is -1.72. The summed E-state index contributed by atoms with van der Waals surface area (Å²) >= 11 is 12.1. The number of hydrogen-bond acceptors (Lipinski definition) is 7. The van der Waals surface area contributed by atoms with Gasteiger partial charge in [-0.3, -0.25) is 3.97 Å². The first kappa shape index (κ1) is 13.3. The minimum Gasteiger partial charge on any atom is -0.285 e. The molecule has 0 heterocycles. The third kappa shape index (κ3) is 7.93. The topological polar surface area (TPSA) is 9.23 Å². The van der Waals surface area contributed by atoms with Crippen molar-refractivity contribution in [1.82, 2.24) is 0 Å². The van der Waals surface area contributed by atoms with Crippen LogP contribution in [0.1, 0.15) is 0 Å². The van der Waals surface area contributed by atoms with Crippen LogP contribution in [0.15, 0.2) is 0 Å². The van der Waals surface area contributed by atoms with Gasteiger partial charge >= 0.3 is 0 Å². The lowest BCUT2D eigenvalue weighted by atomic mass is 15.9. The Labute approximate surface area is 99.2 Å². The molecule has 0 bridgehead atoms. The van der Waals surface area contributed by atoms with Gasteiger partial charge in [0, 0.05) is 50.3 Å². The summed E-state index contributed by atoms with van der Waals surface area (Å²) < 4.78 is 4.83. The van der Waals surface area contributed by atoms with E-state index in [1.165, 1.54) is 9.83 Å². The van der Waals surface area contributed by atoms with Crippen LogP contribution < -0.4 is 0 Å². The first-order valence-electron chi connectivity index (χ1n) is 1.56. The fourth-order valence-corrected chi connectivity index (χ4v) is 16.2. The van der Waals surface area contributed by atoms with E-state index in [9.17, 15) is 0 Å². The van der Waals surface area contributed by atoms with E-state index >= 15 is 0 Å². The first-order chi connectivity index (χ1) is 4.62. The van der Waals surface area contributed by atoms with E-state index in [-0.39, 0.29) is 0 Å². The Balaban J connectivity index is 3.49. The van der Waals surface area contributed by atoms with Crippen molar-refractivity contribution in [1.29, 1.82) is 0 Å². The molecule has 10 heavy (non-hydrogen) atoms. The van der Waals surface area contributed by atoms with Crippen molar-refractivity contribution in [2.45, 2.75) is 0 Å². The SMILES string of the molecule is POS(=S)(=S)SSSSI. The van der Waals surface area contributed by atoms with Crippen LogP contribution in [0.5, 0.6) is 0 Å². The second kappa shape index (κ2) is 7.69. The summed E-state index contributed by atoms with van der Waals surface area (Å²) in [5.74, 6) is 0. The van der Waals surface area contributed by atoms with Gasteiger partial charge in [0.05, 0.1) is 6.46 Å². The second-order valence-corrected chi connectivity index (χ2v) is 17.5. The summed E-state index contributed by atoms with van der Waals surface area (Å²) in [4.78, 5) is 0. The van der Waals surface area contributed by atoms with Gasteiger partial charge in [0.1, 0.15) is 0 Å². The number of rotatable bonds is 5. The molecule has 0 spiro atoms. The Kier molecular flexibility index (Phi) is 10.2. The van der Waals surface area contributed by atoms with E-state index in [0.29, 0.717) is 0 Å². The largest absolute Gasteiger partial charge is 0.285 e. The van der Waals surface area contributed by atoms with Gasteiger partial charge < -0.3 is 0 Å². The van der Waals surface area contributed by atoms with Crippen LogP contribution in [0.3, 0.4) is 0 Å². The Morgan fingerprint density at radius 1 is 1.40 bits per heavy atom. The minimum absolute atomic E-state index is 1.43. The van der Waals surface area contributed by atoms with Gasteiger partial charge in [0.15, 0.2) is 0 Å². The minimum atomic E-state index is -1.72. The van der Waals surface area contributed by atoms with Gasteiger partial charge in [-0.2, -0.15) is 0 Å². The van der Waals surface area contributed by atoms with Crippen molar-refractivity contribution in [3.8, 4) is 0 Å². The zero-order chi connectivity index (χ0) is 8.04. The average molecular weight is 400 g/mol. The quantitative estimate of drug-likeness (QED) is 0.297. The summed E-state index contributed by atoms with van der Waals surface area (Å²) in [7, 11) is 8.37. The van der Waals surface area contributed by atoms with Crippen molar-refractivity contribution in [2.24, 2.45) is 0 Å². The molecule has 0 aliphatic heterocycles. The molecule has 0 aromatic carbocycles. The molecular weight excluding hydrogens is 398 g/mol. The van der Waals surface area contributed by atoms with E-state index in [1.807, 2.05) is 0 Å². The van der Waals surface area contributed by atoms with E-state index in [0.717, 1.165) is 0 Å². The molecule has 0 aromatic rings. The van der Waals surface area contributed by atoms with E-state index in [1.54, 1.807) is 27.6 Å². The molecule has 1 unspecified atom stereocenters. The van der Waals surface area contributed by atoms with Crippen LogP contribution in [-0.2, 0) is 32.8 Å². The van der Waals surface area contributed by atoms with Gasteiger partial charge in [0.2, 0.25) is 0 Å². The lowest BCUT2D eigenvalue weighted by molar-refractivity contribution is 0.764. The molecule has 0 fully saturated rings. The maximum Gasteiger partial charge on any atom is 0.0846 e. The van der Waals surface area contributed by atoms with Crippen LogP contribution >= 0.6 is 68.1 Å². The Hall–Kier alpha value is 3.31.